The molecule has 0 amide bonds. The van der Waals surface area contributed by atoms with E-state index in [0.717, 1.165) is 27.8 Å². The van der Waals surface area contributed by atoms with Crippen LogP contribution in [0.2, 0.25) is 0 Å². The van der Waals surface area contributed by atoms with Crippen molar-refractivity contribution in [3.63, 3.8) is 0 Å². The van der Waals surface area contributed by atoms with Gasteiger partial charge in [0.05, 0.1) is 12.0 Å². The first-order chi connectivity index (χ1) is 10.7. The second kappa shape index (κ2) is 6.72. The van der Waals surface area contributed by atoms with E-state index in [0.29, 0.717) is 10.6 Å². The van der Waals surface area contributed by atoms with E-state index < -0.39 is 10.0 Å². The molecule has 2 aromatic carbocycles. The molecule has 0 unspecified atom stereocenters. The predicted molar refractivity (Wildman–Crippen MR) is 92.4 cm³/mol. The number of benzene rings is 2. The van der Waals surface area contributed by atoms with Crippen molar-refractivity contribution in [2.75, 3.05) is 7.11 Å². The lowest BCUT2D eigenvalue weighted by atomic mass is 10.1. The summed E-state index contributed by atoms with van der Waals surface area (Å²) >= 11 is 0. The average Bonchev–Trinajstić information content (AvgIpc) is 2.44. The molecule has 0 saturated heterocycles. The first-order valence-electron chi connectivity index (χ1n) is 7.45. The van der Waals surface area contributed by atoms with Crippen LogP contribution in [0.5, 0.6) is 5.75 Å². The molecule has 0 fully saturated rings. The Morgan fingerprint density at radius 2 is 1.57 bits per heavy atom. The van der Waals surface area contributed by atoms with Crippen molar-refractivity contribution < 1.29 is 13.2 Å². The molecule has 2 rings (SSSR count). The van der Waals surface area contributed by atoms with Crippen LogP contribution < -0.4 is 9.46 Å². The summed E-state index contributed by atoms with van der Waals surface area (Å²) < 4.78 is 33.4. The van der Waals surface area contributed by atoms with Gasteiger partial charge in [0.2, 0.25) is 10.0 Å². The van der Waals surface area contributed by atoms with E-state index in [2.05, 4.69) is 4.72 Å². The quantitative estimate of drug-likeness (QED) is 0.912. The molecule has 5 heteroatoms. The maximum atomic E-state index is 12.7. The molecule has 23 heavy (non-hydrogen) atoms. The summed E-state index contributed by atoms with van der Waals surface area (Å²) in [5.74, 6) is 0.677. The van der Waals surface area contributed by atoms with Crippen molar-refractivity contribution >= 4 is 10.0 Å². The Labute approximate surface area is 138 Å². The number of hydrogen-bond donors (Lipinski definition) is 1. The molecule has 0 aromatic heterocycles. The van der Waals surface area contributed by atoms with Crippen molar-refractivity contribution in [1.29, 1.82) is 0 Å². The van der Waals surface area contributed by atoms with E-state index >= 15 is 0 Å². The maximum Gasteiger partial charge on any atom is 0.241 e. The fourth-order valence-electron chi connectivity index (χ4n) is 2.88. The first kappa shape index (κ1) is 17.5. The Kier molecular flexibility index (Phi) is 5.12. The number of nitrogens with one attached hydrogen (secondary N) is 1. The van der Waals surface area contributed by atoms with E-state index in [-0.39, 0.29) is 6.54 Å². The standard InChI is InChI=1S/C18H23NO3S/c1-12-6-7-17(22-5)16(10-12)11-19-23(20,21)18-14(3)8-13(2)9-15(18)4/h6-10,19H,11H2,1-5H3. The summed E-state index contributed by atoms with van der Waals surface area (Å²) in [6.07, 6.45) is 0. The molecule has 4 nitrogen and oxygen atoms in total. The van der Waals surface area contributed by atoms with Crippen LogP contribution in [0.4, 0.5) is 0 Å². The highest BCUT2D eigenvalue weighted by molar-refractivity contribution is 7.89. The van der Waals surface area contributed by atoms with Crippen LogP contribution in [0.1, 0.15) is 27.8 Å². The number of methoxy groups -OCH3 is 1. The lowest BCUT2D eigenvalue weighted by molar-refractivity contribution is 0.409. The van der Waals surface area contributed by atoms with Crippen molar-refractivity contribution in [1.82, 2.24) is 4.72 Å². The number of rotatable bonds is 5. The van der Waals surface area contributed by atoms with Gasteiger partial charge in [-0.1, -0.05) is 35.4 Å². The highest BCUT2D eigenvalue weighted by Crippen LogP contribution is 2.23. The van der Waals surface area contributed by atoms with Crippen molar-refractivity contribution in [3.8, 4) is 5.75 Å². The number of hydrogen-bond acceptors (Lipinski definition) is 3. The first-order valence-corrected chi connectivity index (χ1v) is 8.94. The second-order valence-electron chi connectivity index (χ2n) is 5.87. The smallest absolute Gasteiger partial charge is 0.241 e. The van der Waals surface area contributed by atoms with E-state index in [1.54, 1.807) is 7.11 Å². The molecule has 0 atom stereocenters. The normalized spacial score (nSPS) is 11.5. The second-order valence-corrected chi connectivity index (χ2v) is 7.57. The summed E-state index contributed by atoms with van der Waals surface area (Å²) in [6, 6.07) is 9.48. The van der Waals surface area contributed by atoms with Gasteiger partial charge in [-0.3, -0.25) is 0 Å². The van der Waals surface area contributed by atoms with Gasteiger partial charge >= 0.3 is 0 Å². The molecule has 0 spiro atoms. The van der Waals surface area contributed by atoms with Gasteiger partial charge in [-0.25, -0.2) is 13.1 Å². The SMILES string of the molecule is COc1ccc(C)cc1CNS(=O)(=O)c1c(C)cc(C)cc1C. The fraction of sp³-hybridized carbons (Fsp3) is 0.333. The van der Waals surface area contributed by atoms with Crippen LogP contribution >= 0.6 is 0 Å². The highest BCUT2D eigenvalue weighted by Gasteiger charge is 2.20. The number of aryl methyl sites for hydroxylation is 4. The van der Waals surface area contributed by atoms with Crippen LogP contribution in [0, 0.1) is 27.7 Å². The minimum Gasteiger partial charge on any atom is -0.496 e. The monoisotopic (exact) mass is 333 g/mol. The topological polar surface area (TPSA) is 55.4 Å². The van der Waals surface area contributed by atoms with Crippen LogP contribution in [0.3, 0.4) is 0 Å². The van der Waals surface area contributed by atoms with Gasteiger partial charge in [0.15, 0.2) is 0 Å². The minimum absolute atomic E-state index is 0.194. The fourth-order valence-corrected chi connectivity index (χ4v) is 4.34. The third-order valence-corrected chi connectivity index (χ3v) is 5.47. The van der Waals surface area contributed by atoms with Crippen LogP contribution in [0.15, 0.2) is 35.2 Å². The minimum atomic E-state index is -3.58. The van der Waals surface area contributed by atoms with Gasteiger partial charge in [-0.2, -0.15) is 0 Å². The third-order valence-electron chi connectivity index (χ3n) is 3.76. The zero-order chi connectivity index (χ0) is 17.2. The molecule has 1 N–H and O–H groups in total. The molecule has 2 aromatic rings. The Morgan fingerprint density at radius 1 is 0.957 bits per heavy atom. The van der Waals surface area contributed by atoms with Crippen molar-refractivity contribution in [3.05, 3.63) is 58.1 Å². The van der Waals surface area contributed by atoms with Gasteiger partial charge in [-0.05, 0) is 44.9 Å². The summed E-state index contributed by atoms with van der Waals surface area (Å²) in [5.41, 5.74) is 4.44. The zero-order valence-corrected chi connectivity index (χ0v) is 15.0. The lowest BCUT2D eigenvalue weighted by Crippen LogP contribution is -2.25. The molecule has 0 saturated carbocycles. The van der Waals surface area contributed by atoms with E-state index in [9.17, 15) is 8.42 Å². The largest absolute Gasteiger partial charge is 0.496 e. The molecule has 0 aliphatic rings. The predicted octanol–water partition coefficient (Wildman–Crippen LogP) is 3.41. The van der Waals surface area contributed by atoms with Gasteiger partial charge in [0.1, 0.15) is 5.75 Å². The third kappa shape index (κ3) is 3.92. The summed E-state index contributed by atoms with van der Waals surface area (Å²) in [5, 5.41) is 0. The van der Waals surface area contributed by atoms with Gasteiger partial charge in [0, 0.05) is 12.1 Å². The van der Waals surface area contributed by atoms with Crippen LogP contribution in [0.25, 0.3) is 0 Å². The van der Waals surface area contributed by atoms with Crippen molar-refractivity contribution in [2.24, 2.45) is 0 Å². The van der Waals surface area contributed by atoms with Crippen LogP contribution in [-0.2, 0) is 16.6 Å². The molecule has 0 aliphatic carbocycles. The Balaban J connectivity index is 2.32. The molecular weight excluding hydrogens is 310 g/mol. The molecule has 0 aliphatic heterocycles. The molecule has 0 bridgehead atoms. The highest BCUT2D eigenvalue weighted by atomic mass is 32.2. The van der Waals surface area contributed by atoms with Gasteiger partial charge < -0.3 is 4.74 Å². The molecular formula is C18H23NO3S. The van der Waals surface area contributed by atoms with E-state index in [4.69, 9.17) is 4.74 Å². The van der Waals surface area contributed by atoms with E-state index in [1.165, 1.54) is 0 Å². The molecule has 0 radical (unpaired) electrons. The Morgan fingerprint density at radius 3 is 2.13 bits per heavy atom. The summed E-state index contributed by atoms with van der Waals surface area (Å²) in [7, 11) is -2.00. The zero-order valence-electron chi connectivity index (χ0n) is 14.2. The Hall–Kier alpha value is -1.85. The lowest BCUT2D eigenvalue weighted by Gasteiger charge is -2.14. The molecule has 0 heterocycles. The number of sulfonamides is 1. The summed E-state index contributed by atoms with van der Waals surface area (Å²) in [6.45, 7) is 7.76. The summed E-state index contributed by atoms with van der Waals surface area (Å²) in [4.78, 5) is 0.356. The van der Waals surface area contributed by atoms with Crippen LogP contribution in [-0.4, -0.2) is 15.5 Å². The van der Waals surface area contributed by atoms with Crippen molar-refractivity contribution in [2.45, 2.75) is 39.1 Å². The average molecular weight is 333 g/mol. The van der Waals surface area contributed by atoms with Gasteiger partial charge in [-0.15, -0.1) is 0 Å². The van der Waals surface area contributed by atoms with E-state index in [1.807, 2.05) is 58.0 Å². The Bertz CT molecular complexity index is 803. The maximum absolute atomic E-state index is 12.7. The molecule has 124 valence electrons. The number of ether oxygens (including phenoxy) is 1. The van der Waals surface area contributed by atoms with Gasteiger partial charge in [0.25, 0.3) is 0 Å².